The van der Waals surface area contributed by atoms with Crippen LogP contribution in [0.1, 0.15) is 0 Å². The molecule has 0 amide bonds. The Morgan fingerprint density at radius 3 is 3.00 bits per heavy atom. The zero-order chi connectivity index (χ0) is 7.90. The van der Waals surface area contributed by atoms with Crippen LogP contribution in [0.25, 0.3) is 0 Å². The van der Waals surface area contributed by atoms with Gasteiger partial charge < -0.3 is 0 Å². The van der Waals surface area contributed by atoms with E-state index in [1.54, 1.807) is 0 Å². The third-order valence-corrected chi connectivity index (χ3v) is 1.89. The normalized spacial score (nSPS) is 24.4. The summed E-state index contributed by atoms with van der Waals surface area (Å²) in [4.78, 5) is 7.31. The van der Waals surface area contributed by atoms with Crippen molar-refractivity contribution in [2.24, 2.45) is 18.8 Å². The maximum atomic E-state index is 10.7. The molecular weight excluding hydrogens is 168 g/mol. The average Bonchev–Trinajstić information content (AvgIpc) is 2.31. The molecule has 0 aromatic rings. The fraction of sp³-hybridized carbons (Fsp3) is 0. The second kappa shape index (κ2) is 1.82. The molecule has 2 aliphatic rings. The van der Waals surface area contributed by atoms with Crippen molar-refractivity contribution < 1.29 is 8.42 Å². The van der Waals surface area contributed by atoms with Crippen molar-refractivity contribution in [2.75, 3.05) is 0 Å². The van der Waals surface area contributed by atoms with Gasteiger partial charge in [0.25, 0.3) is 0 Å². The highest BCUT2D eigenvalue weighted by molar-refractivity contribution is 7.89. The zero-order valence-electron chi connectivity index (χ0n) is 5.17. The van der Waals surface area contributed by atoms with Crippen molar-refractivity contribution in [1.29, 1.82) is 0 Å². The molecule has 11 heavy (non-hydrogen) atoms. The van der Waals surface area contributed by atoms with Gasteiger partial charge in [0.1, 0.15) is 12.1 Å². The lowest BCUT2D eigenvalue weighted by molar-refractivity contribution is 0.600. The van der Waals surface area contributed by atoms with Crippen molar-refractivity contribution in [3.63, 3.8) is 0 Å². The van der Waals surface area contributed by atoms with Gasteiger partial charge in [-0.15, -0.1) is 8.80 Å². The summed E-state index contributed by atoms with van der Waals surface area (Å²) in [5.41, 5.74) is 0.389. The van der Waals surface area contributed by atoms with E-state index in [0.29, 0.717) is 5.71 Å². The average molecular weight is 170 g/mol. The van der Waals surface area contributed by atoms with E-state index < -0.39 is 10.2 Å². The van der Waals surface area contributed by atoms with E-state index in [0.717, 1.165) is 6.21 Å². The molecule has 2 aliphatic heterocycles. The molecule has 56 valence electrons. The van der Waals surface area contributed by atoms with Crippen molar-refractivity contribution in [3.05, 3.63) is 0 Å². The van der Waals surface area contributed by atoms with Crippen LogP contribution < -0.4 is 0 Å². The highest BCUT2D eigenvalue weighted by Gasteiger charge is 2.19. The van der Waals surface area contributed by atoms with Gasteiger partial charge in [-0.05, 0) is 0 Å². The Morgan fingerprint density at radius 2 is 2.18 bits per heavy atom. The molecule has 0 N–H and O–H groups in total. The third kappa shape index (κ3) is 0.984. The molecule has 0 fully saturated rings. The predicted molar refractivity (Wildman–Crippen MR) is 40.8 cm³/mol. The van der Waals surface area contributed by atoms with Crippen LogP contribution in [0.5, 0.6) is 0 Å². The van der Waals surface area contributed by atoms with E-state index in [2.05, 4.69) is 18.8 Å². The van der Waals surface area contributed by atoms with Gasteiger partial charge in [0.05, 0.1) is 6.21 Å². The van der Waals surface area contributed by atoms with Gasteiger partial charge in [0.2, 0.25) is 0 Å². The van der Waals surface area contributed by atoms with Crippen LogP contribution in [0.3, 0.4) is 0 Å². The molecule has 2 rings (SSSR count). The Morgan fingerprint density at radius 1 is 1.36 bits per heavy atom. The Hall–Kier alpha value is -1.37. The summed E-state index contributed by atoms with van der Waals surface area (Å²) < 4.78 is 27.7. The number of hydrogen-bond acceptors (Lipinski definition) is 4. The van der Waals surface area contributed by atoms with E-state index in [1.165, 1.54) is 6.34 Å². The van der Waals surface area contributed by atoms with E-state index in [-0.39, 0.29) is 5.84 Å². The summed E-state index contributed by atoms with van der Waals surface area (Å²) in [6.45, 7) is 0. The summed E-state index contributed by atoms with van der Waals surface area (Å²) in [5.74, 6) is 0.111. The van der Waals surface area contributed by atoms with Gasteiger partial charge in [-0.25, -0.2) is 9.98 Å². The summed E-state index contributed by atoms with van der Waals surface area (Å²) in [6.07, 6.45) is 2.37. The molecule has 0 aliphatic carbocycles. The molecule has 0 aromatic carbocycles. The first-order chi connectivity index (χ1) is 5.17. The van der Waals surface area contributed by atoms with Gasteiger partial charge in [0, 0.05) is 0 Å². The van der Waals surface area contributed by atoms with Crippen molar-refractivity contribution in [3.8, 4) is 0 Å². The lowest BCUT2D eigenvalue weighted by Crippen LogP contribution is -2.16. The smallest absolute Gasteiger partial charge is 0.231 e. The lowest BCUT2D eigenvalue weighted by Gasteiger charge is -1.97. The zero-order valence-corrected chi connectivity index (χ0v) is 5.98. The van der Waals surface area contributed by atoms with E-state index >= 15 is 0 Å². The van der Waals surface area contributed by atoms with Gasteiger partial charge in [0.15, 0.2) is 5.84 Å². The maximum Gasteiger partial charge on any atom is 0.365 e. The first-order valence-corrected chi connectivity index (χ1v) is 4.08. The quantitative estimate of drug-likeness (QED) is 0.476. The lowest BCUT2D eigenvalue weighted by atomic mass is 10.4. The molecule has 0 unspecified atom stereocenters. The third-order valence-electron chi connectivity index (χ3n) is 1.12. The summed E-state index contributed by atoms with van der Waals surface area (Å²) >= 11 is 0. The van der Waals surface area contributed by atoms with Crippen molar-refractivity contribution in [2.45, 2.75) is 0 Å². The van der Waals surface area contributed by atoms with Crippen LogP contribution in [0.2, 0.25) is 0 Å². The molecule has 0 atom stereocenters. The first-order valence-electron chi connectivity index (χ1n) is 2.68. The molecule has 7 heteroatoms. The molecular formula is C4H2N4O2S. The summed E-state index contributed by atoms with van der Waals surface area (Å²) in [5, 5.41) is 0. The SMILES string of the molecule is O=S1(=O)N=CC2=NC=NC2=N1. The van der Waals surface area contributed by atoms with E-state index in [4.69, 9.17) is 0 Å². The van der Waals surface area contributed by atoms with Gasteiger partial charge in [-0.1, -0.05) is 0 Å². The second-order valence-electron chi connectivity index (χ2n) is 1.86. The molecule has 0 spiro atoms. The van der Waals surface area contributed by atoms with E-state index in [1.807, 2.05) is 0 Å². The minimum Gasteiger partial charge on any atom is -0.231 e. The van der Waals surface area contributed by atoms with Crippen molar-refractivity contribution >= 4 is 34.3 Å². The number of aliphatic imine (C=N–C) groups is 2. The van der Waals surface area contributed by atoms with Crippen LogP contribution in [-0.4, -0.2) is 32.5 Å². The summed E-state index contributed by atoms with van der Waals surface area (Å²) in [6, 6.07) is 0. The van der Waals surface area contributed by atoms with Crippen LogP contribution in [0.15, 0.2) is 18.8 Å². The Balaban J connectivity index is 2.62. The first kappa shape index (κ1) is 6.35. The fourth-order valence-electron chi connectivity index (χ4n) is 0.680. The fourth-order valence-corrected chi connectivity index (χ4v) is 1.32. The molecule has 0 aromatic heterocycles. The molecule has 0 radical (unpaired) electrons. The molecule has 6 nitrogen and oxygen atoms in total. The van der Waals surface area contributed by atoms with Gasteiger partial charge in [-0.2, -0.15) is 8.42 Å². The largest absolute Gasteiger partial charge is 0.365 e. The minimum absolute atomic E-state index is 0.111. The Labute approximate surface area is 62.3 Å². The minimum atomic E-state index is -3.67. The summed E-state index contributed by atoms with van der Waals surface area (Å²) in [7, 11) is -3.67. The number of hydrogen-bond donors (Lipinski definition) is 0. The number of rotatable bonds is 0. The number of fused-ring (bicyclic) bond motifs is 1. The second-order valence-corrected chi connectivity index (χ2v) is 3.15. The Bertz CT molecular complexity index is 413. The predicted octanol–water partition coefficient (Wildman–Crippen LogP) is -0.803. The molecule has 0 saturated carbocycles. The Kier molecular flexibility index (Phi) is 1.05. The van der Waals surface area contributed by atoms with Crippen LogP contribution in [-0.2, 0) is 10.2 Å². The van der Waals surface area contributed by atoms with Crippen LogP contribution in [0, 0.1) is 0 Å². The van der Waals surface area contributed by atoms with Gasteiger partial charge >= 0.3 is 10.2 Å². The highest BCUT2D eigenvalue weighted by atomic mass is 32.2. The maximum absolute atomic E-state index is 10.7. The highest BCUT2D eigenvalue weighted by Crippen LogP contribution is 2.05. The van der Waals surface area contributed by atoms with Crippen LogP contribution >= 0.6 is 0 Å². The van der Waals surface area contributed by atoms with Crippen LogP contribution in [0.4, 0.5) is 0 Å². The van der Waals surface area contributed by atoms with E-state index in [9.17, 15) is 8.42 Å². The number of amidine groups is 1. The van der Waals surface area contributed by atoms with Gasteiger partial charge in [-0.3, -0.25) is 0 Å². The standard InChI is InChI=1S/C4H2N4O2S/c9-11(10)7-1-3-4(8-11)6-2-5-3/h1-2H. The monoisotopic (exact) mass is 170 g/mol. The van der Waals surface area contributed by atoms with Crippen molar-refractivity contribution in [1.82, 2.24) is 0 Å². The molecule has 0 bridgehead atoms. The number of nitrogens with zero attached hydrogens (tertiary/aromatic N) is 4. The molecule has 2 heterocycles. The molecule has 0 saturated heterocycles. The topological polar surface area (TPSA) is 83.6 Å².